The van der Waals surface area contributed by atoms with Crippen LogP contribution >= 0.6 is 0 Å². The Bertz CT molecular complexity index is 414. The van der Waals surface area contributed by atoms with Crippen molar-refractivity contribution < 1.29 is 14.3 Å². The van der Waals surface area contributed by atoms with Crippen LogP contribution < -0.4 is 15.4 Å². The summed E-state index contributed by atoms with van der Waals surface area (Å²) in [5.41, 5.74) is 0.704. The second-order valence-electron chi connectivity index (χ2n) is 4.99. The Balaban J connectivity index is 1.66. The highest BCUT2D eigenvalue weighted by atomic mass is 16.5. The fraction of sp³-hybridized carbons (Fsp3) is 0.533. The number of methoxy groups -OCH3 is 1. The van der Waals surface area contributed by atoms with Crippen LogP contribution in [-0.4, -0.2) is 32.9 Å². The molecule has 1 aromatic rings. The van der Waals surface area contributed by atoms with Gasteiger partial charge in [0.2, 0.25) is 0 Å². The molecule has 0 bridgehead atoms. The summed E-state index contributed by atoms with van der Waals surface area (Å²) in [5.74, 6) is 1.38. The van der Waals surface area contributed by atoms with Gasteiger partial charge in [0.15, 0.2) is 0 Å². The number of nitrogens with one attached hydrogen (secondary N) is 2. The zero-order chi connectivity index (χ0) is 14.2. The Hall–Kier alpha value is -1.75. The Morgan fingerprint density at radius 1 is 1.40 bits per heavy atom. The Morgan fingerprint density at radius 3 is 2.85 bits per heavy atom. The Labute approximate surface area is 119 Å². The number of carbonyl (C=O) groups excluding carboxylic acids is 1. The average Bonchev–Trinajstić information content (AvgIpc) is 2.49. The van der Waals surface area contributed by atoms with Crippen molar-refractivity contribution >= 4 is 11.8 Å². The predicted molar refractivity (Wildman–Crippen MR) is 78.2 cm³/mol. The molecule has 0 spiro atoms. The molecule has 110 valence electrons. The topological polar surface area (TPSA) is 59.6 Å². The first-order valence-corrected chi connectivity index (χ1v) is 7.06. The van der Waals surface area contributed by atoms with Crippen LogP contribution in [-0.2, 0) is 4.74 Å². The summed E-state index contributed by atoms with van der Waals surface area (Å²) >= 11 is 0. The van der Waals surface area contributed by atoms with Gasteiger partial charge in [-0.25, -0.2) is 4.79 Å². The summed E-state index contributed by atoms with van der Waals surface area (Å²) < 4.78 is 10.3. The van der Waals surface area contributed by atoms with Crippen molar-refractivity contribution in [2.75, 3.05) is 32.1 Å². The van der Waals surface area contributed by atoms with Gasteiger partial charge in [0.25, 0.3) is 0 Å². The molecule has 0 radical (unpaired) electrons. The van der Waals surface area contributed by atoms with Crippen LogP contribution in [0.3, 0.4) is 0 Å². The number of rotatable bonds is 5. The van der Waals surface area contributed by atoms with Crippen LogP contribution in [0.5, 0.6) is 5.75 Å². The normalized spacial score (nSPS) is 18.4. The maximum Gasteiger partial charge on any atom is 0.411 e. The van der Waals surface area contributed by atoms with Crippen molar-refractivity contribution in [3.8, 4) is 5.75 Å². The molecule has 2 rings (SSSR count). The molecular formula is C15H22N2O3. The molecule has 1 atom stereocenters. The molecule has 1 aromatic carbocycles. The van der Waals surface area contributed by atoms with Crippen LogP contribution in [0.2, 0.25) is 0 Å². The molecular weight excluding hydrogens is 256 g/mol. The number of carbonyl (C=O) groups is 1. The van der Waals surface area contributed by atoms with Gasteiger partial charge in [0, 0.05) is 5.69 Å². The van der Waals surface area contributed by atoms with Gasteiger partial charge in [-0.3, -0.25) is 5.32 Å². The van der Waals surface area contributed by atoms with Crippen molar-refractivity contribution in [3.05, 3.63) is 24.3 Å². The number of piperidine rings is 1. The molecule has 5 heteroatoms. The zero-order valence-electron chi connectivity index (χ0n) is 11.9. The summed E-state index contributed by atoms with van der Waals surface area (Å²) in [4.78, 5) is 11.6. The fourth-order valence-corrected chi connectivity index (χ4v) is 2.32. The lowest BCUT2D eigenvalue weighted by Crippen LogP contribution is -2.30. The van der Waals surface area contributed by atoms with Crippen molar-refractivity contribution in [3.63, 3.8) is 0 Å². The first kappa shape index (κ1) is 14.7. The van der Waals surface area contributed by atoms with Gasteiger partial charge in [-0.15, -0.1) is 0 Å². The van der Waals surface area contributed by atoms with E-state index in [2.05, 4.69) is 10.6 Å². The van der Waals surface area contributed by atoms with E-state index in [0.29, 0.717) is 18.2 Å². The summed E-state index contributed by atoms with van der Waals surface area (Å²) in [5, 5.41) is 6.05. The van der Waals surface area contributed by atoms with Crippen LogP contribution in [0.4, 0.5) is 10.5 Å². The number of amides is 1. The first-order valence-electron chi connectivity index (χ1n) is 7.06. The third-order valence-corrected chi connectivity index (χ3v) is 3.49. The second-order valence-corrected chi connectivity index (χ2v) is 4.99. The summed E-state index contributed by atoms with van der Waals surface area (Å²) in [6.45, 7) is 2.60. The molecule has 0 aliphatic carbocycles. The molecule has 1 saturated heterocycles. The summed E-state index contributed by atoms with van der Waals surface area (Å²) in [6, 6.07) is 7.16. The SMILES string of the molecule is COc1ccc(NC(=O)OCCC2CCCNC2)cc1. The molecule has 2 N–H and O–H groups in total. The minimum Gasteiger partial charge on any atom is -0.497 e. The van der Waals surface area contributed by atoms with E-state index in [-0.39, 0.29) is 0 Å². The van der Waals surface area contributed by atoms with E-state index in [1.54, 1.807) is 31.4 Å². The molecule has 1 fully saturated rings. The van der Waals surface area contributed by atoms with E-state index in [0.717, 1.165) is 25.3 Å². The molecule has 0 saturated carbocycles. The third-order valence-electron chi connectivity index (χ3n) is 3.49. The number of benzene rings is 1. The zero-order valence-corrected chi connectivity index (χ0v) is 11.9. The lowest BCUT2D eigenvalue weighted by atomic mass is 9.97. The molecule has 20 heavy (non-hydrogen) atoms. The second kappa shape index (κ2) is 7.75. The predicted octanol–water partition coefficient (Wildman–Crippen LogP) is 2.63. The minimum absolute atomic E-state index is 0.404. The number of anilines is 1. The van der Waals surface area contributed by atoms with Gasteiger partial charge in [0.05, 0.1) is 13.7 Å². The average molecular weight is 278 g/mol. The lowest BCUT2D eigenvalue weighted by molar-refractivity contribution is 0.150. The fourth-order valence-electron chi connectivity index (χ4n) is 2.32. The standard InChI is InChI=1S/C15H22N2O3/c1-19-14-6-4-13(5-7-14)17-15(18)20-10-8-12-3-2-9-16-11-12/h4-7,12,16H,2-3,8-11H2,1H3,(H,17,18). The van der Waals surface area contributed by atoms with Gasteiger partial charge in [-0.2, -0.15) is 0 Å². The number of hydrogen-bond acceptors (Lipinski definition) is 4. The minimum atomic E-state index is -0.404. The highest BCUT2D eigenvalue weighted by molar-refractivity contribution is 5.84. The van der Waals surface area contributed by atoms with Crippen LogP contribution in [0, 0.1) is 5.92 Å². The maximum absolute atomic E-state index is 11.6. The van der Waals surface area contributed by atoms with Gasteiger partial charge in [-0.1, -0.05) is 0 Å². The van der Waals surface area contributed by atoms with Crippen LogP contribution in [0.1, 0.15) is 19.3 Å². The van der Waals surface area contributed by atoms with Crippen molar-refractivity contribution in [1.82, 2.24) is 5.32 Å². The first-order chi connectivity index (χ1) is 9.78. The van der Waals surface area contributed by atoms with Crippen LogP contribution in [0.15, 0.2) is 24.3 Å². The third kappa shape index (κ3) is 4.74. The van der Waals surface area contributed by atoms with Gasteiger partial charge in [0.1, 0.15) is 5.75 Å². The largest absolute Gasteiger partial charge is 0.497 e. The molecule has 1 aliphatic heterocycles. The van der Waals surface area contributed by atoms with E-state index >= 15 is 0 Å². The molecule has 5 nitrogen and oxygen atoms in total. The van der Waals surface area contributed by atoms with Gasteiger partial charge < -0.3 is 14.8 Å². The smallest absolute Gasteiger partial charge is 0.411 e. The van der Waals surface area contributed by atoms with E-state index in [1.165, 1.54) is 12.8 Å². The van der Waals surface area contributed by atoms with Crippen molar-refractivity contribution in [1.29, 1.82) is 0 Å². The van der Waals surface area contributed by atoms with E-state index in [9.17, 15) is 4.79 Å². The van der Waals surface area contributed by atoms with E-state index < -0.39 is 6.09 Å². The van der Waals surface area contributed by atoms with Crippen LogP contribution in [0.25, 0.3) is 0 Å². The maximum atomic E-state index is 11.6. The molecule has 1 aliphatic rings. The van der Waals surface area contributed by atoms with Gasteiger partial charge in [-0.05, 0) is 62.5 Å². The number of ether oxygens (including phenoxy) is 2. The highest BCUT2D eigenvalue weighted by Gasteiger charge is 2.13. The summed E-state index contributed by atoms with van der Waals surface area (Å²) in [6.07, 6.45) is 2.95. The monoisotopic (exact) mass is 278 g/mol. The Kier molecular flexibility index (Phi) is 5.68. The quantitative estimate of drug-likeness (QED) is 0.869. The van der Waals surface area contributed by atoms with E-state index in [4.69, 9.17) is 9.47 Å². The highest BCUT2D eigenvalue weighted by Crippen LogP contribution is 2.16. The molecule has 0 aromatic heterocycles. The lowest BCUT2D eigenvalue weighted by Gasteiger charge is -2.22. The van der Waals surface area contributed by atoms with E-state index in [1.807, 2.05) is 0 Å². The molecule has 1 unspecified atom stereocenters. The van der Waals surface area contributed by atoms with Gasteiger partial charge >= 0.3 is 6.09 Å². The summed E-state index contributed by atoms with van der Waals surface area (Å²) in [7, 11) is 1.61. The van der Waals surface area contributed by atoms with Crippen molar-refractivity contribution in [2.45, 2.75) is 19.3 Å². The Morgan fingerprint density at radius 2 is 2.20 bits per heavy atom. The molecule has 1 amide bonds. The van der Waals surface area contributed by atoms with Crippen molar-refractivity contribution in [2.24, 2.45) is 5.92 Å². The molecule has 1 heterocycles. The number of hydrogen-bond donors (Lipinski definition) is 2.